The summed E-state index contributed by atoms with van der Waals surface area (Å²) in [6.45, 7) is 1.90. The standard InChI is InChI=1S/C17H26N2O3S/c1-19(17(20)10-18-9-12-5-6-12)11-13-7-14(21-2)15(22-3)8-16(13)23-4/h7-8,12,18H,5-6,9-11H2,1-4H3. The summed E-state index contributed by atoms with van der Waals surface area (Å²) in [4.78, 5) is 15.1. The maximum absolute atomic E-state index is 12.2. The van der Waals surface area contributed by atoms with Crippen LogP contribution in [-0.2, 0) is 11.3 Å². The number of rotatable bonds is 9. The maximum Gasteiger partial charge on any atom is 0.236 e. The lowest BCUT2D eigenvalue weighted by molar-refractivity contribution is -0.129. The first-order chi connectivity index (χ1) is 11.1. The number of hydrogen-bond acceptors (Lipinski definition) is 5. The first-order valence-corrected chi connectivity index (χ1v) is 9.05. The SMILES string of the molecule is COc1cc(CN(C)C(=O)CNCC2CC2)c(SC)cc1OC. The lowest BCUT2D eigenvalue weighted by atomic mass is 10.2. The summed E-state index contributed by atoms with van der Waals surface area (Å²) in [5, 5.41) is 3.24. The summed E-state index contributed by atoms with van der Waals surface area (Å²) in [6.07, 6.45) is 4.60. The number of amides is 1. The topological polar surface area (TPSA) is 50.8 Å². The van der Waals surface area contributed by atoms with E-state index in [1.807, 2.05) is 25.4 Å². The van der Waals surface area contributed by atoms with Gasteiger partial charge in [0.2, 0.25) is 5.91 Å². The number of carbonyl (C=O) groups is 1. The van der Waals surface area contributed by atoms with Gasteiger partial charge in [-0.2, -0.15) is 0 Å². The van der Waals surface area contributed by atoms with Crippen LogP contribution in [0.15, 0.2) is 17.0 Å². The zero-order valence-corrected chi connectivity index (χ0v) is 15.2. The van der Waals surface area contributed by atoms with Crippen LogP contribution in [0.2, 0.25) is 0 Å². The lowest BCUT2D eigenvalue weighted by Gasteiger charge is -2.20. The zero-order valence-electron chi connectivity index (χ0n) is 14.3. The number of benzene rings is 1. The van der Waals surface area contributed by atoms with Crippen LogP contribution in [0.1, 0.15) is 18.4 Å². The fourth-order valence-electron chi connectivity index (χ4n) is 2.40. The number of nitrogens with one attached hydrogen (secondary N) is 1. The first kappa shape index (κ1) is 17.9. The molecule has 1 aliphatic rings. The van der Waals surface area contributed by atoms with Crippen molar-refractivity contribution in [2.75, 3.05) is 40.6 Å². The Morgan fingerprint density at radius 2 is 1.96 bits per heavy atom. The lowest BCUT2D eigenvalue weighted by Crippen LogP contribution is -2.36. The van der Waals surface area contributed by atoms with Crippen molar-refractivity contribution in [3.8, 4) is 11.5 Å². The van der Waals surface area contributed by atoms with E-state index in [4.69, 9.17) is 9.47 Å². The number of hydrogen-bond donors (Lipinski definition) is 1. The van der Waals surface area contributed by atoms with Gasteiger partial charge in [-0.25, -0.2) is 0 Å². The molecule has 0 unspecified atom stereocenters. The van der Waals surface area contributed by atoms with Crippen LogP contribution in [0, 0.1) is 5.92 Å². The number of ether oxygens (including phenoxy) is 2. The van der Waals surface area contributed by atoms with Crippen LogP contribution in [0.25, 0.3) is 0 Å². The smallest absolute Gasteiger partial charge is 0.236 e. The number of nitrogens with zero attached hydrogens (tertiary/aromatic N) is 1. The Labute approximate surface area is 142 Å². The van der Waals surface area contributed by atoms with E-state index in [2.05, 4.69) is 5.32 Å². The molecule has 1 amide bonds. The Bertz CT molecular complexity index is 547. The molecular weight excluding hydrogens is 312 g/mol. The summed E-state index contributed by atoms with van der Waals surface area (Å²) in [5.74, 6) is 2.28. The number of thioether (sulfide) groups is 1. The molecule has 0 aliphatic heterocycles. The molecule has 0 saturated heterocycles. The molecule has 2 rings (SSSR count). The van der Waals surface area contributed by atoms with E-state index in [1.54, 1.807) is 30.9 Å². The normalized spacial score (nSPS) is 13.7. The third-order valence-corrected chi connectivity index (χ3v) is 4.85. The monoisotopic (exact) mass is 338 g/mol. The Kier molecular flexibility index (Phi) is 6.59. The van der Waals surface area contributed by atoms with E-state index in [-0.39, 0.29) is 5.91 Å². The summed E-state index contributed by atoms with van der Waals surface area (Å²) in [7, 11) is 5.09. The predicted octanol–water partition coefficient (Wildman–Crippen LogP) is 2.38. The molecule has 6 heteroatoms. The number of methoxy groups -OCH3 is 2. The van der Waals surface area contributed by atoms with Crippen LogP contribution in [0.4, 0.5) is 0 Å². The van der Waals surface area contributed by atoms with Crippen molar-refractivity contribution in [3.63, 3.8) is 0 Å². The average molecular weight is 338 g/mol. The van der Waals surface area contributed by atoms with Gasteiger partial charge in [-0.1, -0.05) is 0 Å². The highest BCUT2D eigenvalue weighted by Crippen LogP contribution is 2.35. The van der Waals surface area contributed by atoms with Crippen molar-refractivity contribution in [2.45, 2.75) is 24.3 Å². The molecule has 1 aromatic rings. The third-order valence-electron chi connectivity index (χ3n) is 4.03. The van der Waals surface area contributed by atoms with Crippen LogP contribution in [-0.4, -0.2) is 51.4 Å². The molecule has 0 spiro atoms. The molecule has 1 N–H and O–H groups in total. The molecule has 0 heterocycles. The molecular formula is C17H26N2O3S. The molecule has 5 nitrogen and oxygen atoms in total. The van der Waals surface area contributed by atoms with E-state index >= 15 is 0 Å². The van der Waals surface area contributed by atoms with Gasteiger partial charge in [0.1, 0.15) is 0 Å². The Morgan fingerprint density at radius 1 is 1.30 bits per heavy atom. The molecule has 0 atom stereocenters. The van der Waals surface area contributed by atoms with Gasteiger partial charge in [-0.05, 0) is 49.3 Å². The second kappa shape index (κ2) is 8.45. The van der Waals surface area contributed by atoms with Gasteiger partial charge < -0.3 is 19.7 Å². The number of likely N-dealkylation sites (N-methyl/N-ethyl adjacent to an activating group) is 1. The van der Waals surface area contributed by atoms with E-state index < -0.39 is 0 Å². The van der Waals surface area contributed by atoms with E-state index in [0.29, 0.717) is 24.6 Å². The molecule has 1 aliphatic carbocycles. The van der Waals surface area contributed by atoms with Crippen molar-refractivity contribution >= 4 is 17.7 Å². The van der Waals surface area contributed by atoms with Gasteiger partial charge in [0.05, 0.1) is 20.8 Å². The zero-order chi connectivity index (χ0) is 16.8. The van der Waals surface area contributed by atoms with E-state index in [9.17, 15) is 4.79 Å². The summed E-state index contributed by atoms with van der Waals surface area (Å²) >= 11 is 1.64. The minimum absolute atomic E-state index is 0.104. The summed E-state index contributed by atoms with van der Waals surface area (Å²) in [6, 6.07) is 3.91. The van der Waals surface area contributed by atoms with Crippen LogP contribution >= 0.6 is 11.8 Å². The quantitative estimate of drug-likeness (QED) is 0.701. The Morgan fingerprint density at radius 3 is 2.52 bits per heavy atom. The molecule has 1 saturated carbocycles. The second-order valence-corrected chi connectivity index (χ2v) is 6.69. The molecule has 1 aromatic carbocycles. The highest BCUT2D eigenvalue weighted by atomic mass is 32.2. The maximum atomic E-state index is 12.2. The third kappa shape index (κ3) is 5.04. The van der Waals surface area contributed by atoms with Crippen LogP contribution in [0.3, 0.4) is 0 Å². The molecule has 0 bridgehead atoms. The summed E-state index contributed by atoms with van der Waals surface area (Å²) < 4.78 is 10.7. The molecule has 128 valence electrons. The van der Waals surface area contributed by atoms with Crippen molar-refractivity contribution < 1.29 is 14.3 Å². The van der Waals surface area contributed by atoms with Gasteiger partial charge in [-0.15, -0.1) is 11.8 Å². The van der Waals surface area contributed by atoms with E-state index in [1.165, 1.54) is 12.8 Å². The fraction of sp³-hybridized carbons (Fsp3) is 0.588. The molecule has 0 radical (unpaired) electrons. The first-order valence-electron chi connectivity index (χ1n) is 7.82. The van der Waals surface area contributed by atoms with Crippen molar-refractivity contribution in [2.24, 2.45) is 5.92 Å². The van der Waals surface area contributed by atoms with Crippen LogP contribution < -0.4 is 14.8 Å². The largest absolute Gasteiger partial charge is 0.493 e. The highest BCUT2D eigenvalue weighted by Gasteiger charge is 2.21. The van der Waals surface area contributed by atoms with Gasteiger partial charge >= 0.3 is 0 Å². The minimum atomic E-state index is 0.104. The Hall–Kier alpha value is -1.40. The van der Waals surface area contributed by atoms with Crippen molar-refractivity contribution in [1.29, 1.82) is 0 Å². The van der Waals surface area contributed by atoms with Gasteiger partial charge in [-0.3, -0.25) is 4.79 Å². The van der Waals surface area contributed by atoms with Crippen LogP contribution in [0.5, 0.6) is 11.5 Å². The molecule has 23 heavy (non-hydrogen) atoms. The van der Waals surface area contributed by atoms with Gasteiger partial charge in [0.15, 0.2) is 11.5 Å². The highest BCUT2D eigenvalue weighted by molar-refractivity contribution is 7.98. The molecule has 1 fully saturated rings. The Balaban J connectivity index is 2.00. The average Bonchev–Trinajstić information content (AvgIpc) is 3.38. The summed E-state index contributed by atoms with van der Waals surface area (Å²) in [5.41, 5.74) is 1.06. The predicted molar refractivity (Wildman–Crippen MR) is 93.4 cm³/mol. The van der Waals surface area contributed by atoms with Gasteiger partial charge in [0.25, 0.3) is 0 Å². The van der Waals surface area contributed by atoms with E-state index in [0.717, 1.165) is 22.9 Å². The minimum Gasteiger partial charge on any atom is -0.493 e. The van der Waals surface area contributed by atoms with Crippen molar-refractivity contribution in [3.05, 3.63) is 17.7 Å². The fourth-order valence-corrected chi connectivity index (χ4v) is 3.01. The second-order valence-electron chi connectivity index (χ2n) is 5.84. The molecule has 0 aromatic heterocycles. The van der Waals surface area contributed by atoms with Gasteiger partial charge in [0, 0.05) is 18.5 Å². The number of carbonyl (C=O) groups excluding carboxylic acids is 1. The van der Waals surface area contributed by atoms with Crippen molar-refractivity contribution in [1.82, 2.24) is 10.2 Å².